The van der Waals surface area contributed by atoms with Crippen molar-refractivity contribution in [3.63, 3.8) is 0 Å². The lowest BCUT2D eigenvalue weighted by Gasteiger charge is -2.19. The maximum absolute atomic E-state index is 10.2. The lowest BCUT2D eigenvalue weighted by atomic mass is 9.92. The van der Waals surface area contributed by atoms with Crippen molar-refractivity contribution >= 4 is 0 Å². The summed E-state index contributed by atoms with van der Waals surface area (Å²) in [5.41, 5.74) is 7.62. The van der Waals surface area contributed by atoms with Gasteiger partial charge in [0.05, 0.1) is 12.7 Å². The van der Waals surface area contributed by atoms with Gasteiger partial charge in [-0.1, -0.05) is 24.3 Å². The van der Waals surface area contributed by atoms with Crippen molar-refractivity contribution in [3.8, 4) is 0 Å². The molecule has 82 valence electrons. The zero-order valence-corrected chi connectivity index (χ0v) is 8.73. The van der Waals surface area contributed by atoms with Crippen molar-refractivity contribution in [3.05, 3.63) is 35.4 Å². The smallest absolute Gasteiger partial charge is 0.0844 e. The Balaban J connectivity index is 2.19. The Morgan fingerprint density at radius 2 is 2.27 bits per heavy atom. The van der Waals surface area contributed by atoms with Crippen LogP contribution in [0, 0.1) is 5.92 Å². The van der Waals surface area contributed by atoms with Gasteiger partial charge >= 0.3 is 0 Å². The van der Waals surface area contributed by atoms with Crippen molar-refractivity contribution in [2.45, 2.75) is 19.1 Å². The summed E-state index contributed by atoms with van der Waals surface area (Å²) in [7, 11) is 0. The number of hydrogen-bond acceptors (Lipinski definition) is 3. The average molecular weight is 207 g/mol. The summed E-state index contributed by atoms with van der Waals surface area (Å²) in [6.07, 6.45) is 0.493. The van der Waals surface area contributed by atoms with Gasteiger partial charge in [0.25, 0.3) is 0 Å². The normalized spacial score (nSPS) is 22.9. The molecule has 2 rings (SSSR count). The van der Waals surface area contributed by atoms with Crippen LogP contribution in [0.4, 0.5) is 0 Å². The van der Waals surface area contributed by atoms with Crippen molar-refractivity contribution in [1.29, 1.82) is 0 Å². The van der Waals surface area contributed by atoms with Crippen LogP contribution in [0.25, 0.3) is 0 Å². The van der Waals surface area contributed by atoms with Crippen LogP contribution in [0.5, 0.6) is 0 Å². The van der Waals surface area contributed by atoms with Crippen LogP contribution in [0.3, 0.4) is 0 Å². The van der Waals surface area contributed by atoms with E-state index >= 15 is 0 Å². The molecule has 15 heavy (non-hydrogen) atoms. The van der Waals surface area contributed by atoms with E-state index in [1.807, 2.05) is 24.3 Å². The van der Waals surface area contributed by atoms with Gasteiger partial charge in [-0.2, -0.15) is 0 Å². The second-order valence-corrected chi connectivity index (χ2v) is 3.97. The molecule has 0 aliphatic carbocycles. The Morgan fingerprint density at radius 3 is 2.93 bits per heavy atom. The Kier molecular flexibility index (Phi) is 3.36. The molecule has 0 radical (unpaired) electrons. The van der Waals surface area contributed by atoms with E-state index in [1.54, 1.807) is 0 Å². The minimum Gasteiger partial charge on any atom is -0.388 e. The van der Waals surface area contributed by atoms with E-state index in [-0.39, 0.29) is 5.92 Å². The third-order valence-corrected chi connectivity index (χ3v) is 3.01. The van der Waals surface area contributed by atoms with Crippen LogP contribution in [0.15, 0.2) is 24.3 Å². The SMILES string of the molecule is NCc1ccccc1C(O)C1CCOC1. The van der Waals surface area contributed by atoms with E-state index in [0.717, 1.165) is 24.2 Å². The number of benzene rings is 1. The number of rotatable bonds is 3. The largest absolute Gasteiger partial charge is 0.388 e. The number of aliphatic hydroxyl groups excluding tert-OH is 1. The second-order valence-electron chi connectivity index (χ2n) is 3.97. The summed E-state index contributed by atoms with van der Waals surface area (Å²) in [5, 5.41) is 10.2. The van der Waals surface area contributed by atoms with Crippen LogP contribution in [0.2, 0.25) is 0 Å². The molecule has 1 aliphatic heterocycles. The zero-order valence-electron chi connectivity index (χ0n) is 8.73. The molecule has 3 N–H and O–H groups in total. The van der Waals surface area contributed by atoms with Crippen LogP contribution in [-0.2, 0) is 11.3 Å². The molecular formula is C12H17NO2. The van der Waals surface area contributed by atoms with Gasteiger partial charge in [-0.05, 0) is 17.5 Å². The first kappa shape index (κ1) is 10.6. The summed E-state index contributed by atoms with van der Waals surface area (Å²) < 4.78 is 5.28. The Labute approximate surface area is 89.9 Å². The fourth-order valence-electron chi connectivity index (χ4n) is 2.06. The molecule has 1 fully saturated rings. The third-order valence-electron chi connectivity index (χ3n) is 3.01. The first-order chi connectivity index (χ1) is 7.33. The molecule has 0 aromatic heterocycles. The molecule has 0 bridgehead atoms. The molecule has 3 nitrogen and oxygen atoms in total. The number of hydrogen-bond donors (Lipinski definition) is 2. The highest BCUT2D eigenvalue weighted by molar-refractivity contribution is 5.29. The van der Waals surface area contributed by atoms with Gasteiger partial charge in [-0.3, -0.25) is 0 Å². The van der Waals surface area contributed by atoms with Gasteiger partial charge in [-0.15, -0.1) is 0 Å². The zero-order chi connectivity index (χ0) is 10.7. The predicted molar refractivity (Wildman–Crippen MR) is 58.2 cm³/mol. The van der Waals surface area contributed by atoms with E-state index in [1.165, 1.54) is 0 Å². The van der Waals surface area contributed by atoms with Gasteiger partial charge in [0.1, 0.15) is 0 Å². The third kappa shape index (κ3) is 2.20. The molecule has 2 atom stereocenters. The van der Waals surface area contributed by atoms with E-state index in [4.69, 9.17) is 10.5 Å². The van der Waals surface area contributed by atoms with Gasteiger partial charge in [0, 0.05) is 19.1 Å². The Bertz CT molecular complexity index is 321. The van der Waals surface area contributed by atoms with Gasteiger partial charge in [0.2, 0.25) is 0 Å². The maximum atomic E-state index is 10.2. The quantitative estimate of drug-likeness (QED) is 0.783. The molecule has 1 heterocycles. The van der Waals surface area contributed by atoms with Gasteiger partial charge in [0.15, 0.2) is 0 Å². The van der Waals surface area contributed by atoms with E-state index < -0.39 is 6.10 Å². The number of ether oxygens (including phenoxy) is 1. The topological polar surface area (TPSA) is 55.5 Å². The second kappa shape index (κ2) is 4.75. The highest BCUT2D eigenvalue weighted by atomic mass is 16.5. The fourth-order valence-corrected chi connectivity index (χ4v) is 2.06. The molecule has 0 spiro atoms. The molecule has 1 aromatic carbocycles. The fraction of sp³-hybridized carbons (Fsp3) is 0.500. The number of aliphatic hydroxyl groups is 1. The lowest BCUT2D eigenvalue weighted by Crippen LogP contribution is -2.15. The molecule has 2 unspecified atom stereocenters. The Morgan fingerprint density at radius 1 is 1.47 bits per heavy atom. The van der Waals surface area contributed by atoms with Crippen molar-refractivity contribution in [2.24, 2.45) is 11.7 Å². The molecule has 1 aliphatic rings. The first-order valence-corrected chi connectivity index (χ1v) is 5.36. The summed E-state index contributed by atoms with van der Waals surface area (Å²) in [6, 6.07) is 7.80. The minimum absolute atomic E-state index is 0.220. The average Bonchev–Trinajstić information content (AvgIpc) is 2.81. The van der Waals surface area contributed by atoms with Gasteiger partial charge < -0.3 is 15.6 Å². The molecule has 3 heteroatoms. The summed E-state index contributed by atoms with van der Waals surface area (Å²) in [6.45, 7) is 1.88. The summed E-state index contributed by atoms with van der Waals surface area (Å²) in [5.74, 6) is 0.220. The van der Waals surface area contributed by atoms with Crippen molar-refractivity contribution in [2.75, 3.05) is 13.2 Å². The molecule has 0 saturated carbocycles. The number of nitrogens with two attached hydrogens (primary N) is 1. The molecular weight excluding hydrogens is 190 g/mol. The summed E-state index contributed by atoms with van der Waals surface area (Å²) in [4.78, 5) is 0. The van der Waals surface area contributed by atoms with E-state index in [0.29, 0.717) is 13.2 Å². The first-order valence-electron chi connectivity index (χ1n) is 5.36. The van der Waals surface area contributed by atoms with Crippen molar-refractivity contribution in [1.82, 2.24) is 0 Å². The molecule has 0 amide bonds. The molecule has 1 saturated heterocycles. The van der Waals surface area contributed by atoms with Crippen LogP contribution >= 0.6 is 0 Å². The van der Waals surface area contributed by atoms with Crippen LogP contribution in [0.1, 0.15) is 23.7 Å². The predicted octanol–water partition coefficient (Wildman–Crippen LogP) is 1.22. The maximum Gasteiger partial charge on any atom is 0.0844 e. The van der Waals surface area contributed by atoms with E-state index in [9.17, 15) is 5.11 Å². The summed E-state index contributed by atoms with van der Waals surface area (Å²) >= 11 is 0. The van der Waals surface area contributed by atoms with Gasteiger partial charge in [-0.25, -0.2) is 0 Å². The highest BCUT2D eigenvalue weighted by Gasteiger charge is 2.26. The molecule has 1 aromatic rings. The van der Waals surface area contributed by atoms with E-state index in [2.05, 4.69) is 0 Å². The van der Waals surface area contributed by atoms with Crippen LogP contribution < -0.4 is 5.73 Å². The standard InChI is InChI=1S/C12H17NO2/c13-7-9-3-1-2-4-11(9)12(14)10-5-6-15-8-10/h1-4,10,12,14H,5-8,13H2. The highest BCUT2D eigenvalue weighted by Crippen LogP contribution is 2.30. The lowest BCUT2D eigenvalue weighted by molar-refractivity contribution is 0.0911. The van der Waals surface area contributed by atoms with Crippen LogP contribution in [-0.4, -0.2) is 18.3 Å². The Hall–Kier alpha value is -0.900. The van der Waals surface area contributed by atoms with Crippen molar-refractivity contribution < 1.29 is 9.84 Å². The monoisotopic (exact) mass is 207 g/mol. The minimum atomic E-state index is -0.438.